The van der Waals surface area contributed by atoms with Gasteiger partial charge in [-0.15, -0.1) is 0 Å². The molecule has 5 heteroatoms. The van der Waals surface area contributed by atoms with Gasteiger partial charge in [-0.3, -0.25) is 10.1 Å². The average molecular weight is 349 g/mol. The van der Waals surface area contributed by atoms with E-state index in [0.29, 0.717) is 6.54 Å². The maximum absolute atomic E-state index is 10.8. The Bertz CT molecular complexity index is 644. The zero-order valence-corrected chi connectivity index (χ0v) is 13.4. The Balaban J connectivity index is 1.89. The molecule has 0 atom stereocenters. The number of benzene rings is 2. The number of non-ortho nitro benzene ring substituents is 1. The number of nitro groups is 1. The molecule has 0 saturated heterocycles. The molecule has 2 aromatic rings. The zero-order valence-electron chi connectivity index (χ0n) is 11.8. The van der Waals surface area contributed by atoms with Crippen LogP contribution in [0.5, 0.6) is 0 Å². The van der Waals surface area contributed by atoms with Crippen molar-refractivity contribution in [3.05, 3.63) is 73.7 Å². The number of nitrogens with one attached hydrogen (secondary N) is 1. The molecule has 0 fully saturated rings. The summed E-state index contributed by atoms with van der Waals surface area (Å²) in [5.74, 6) is 0. The van der Waals surface area contributed by atoms with Gasteiger partial charge < -0.3 is 5.32 Å². The largest absolute Gasteiger partial charge is 0.312 e. The molecule has 110 valence electrons. The third-order valence-corrected chi connectivity index (χ3v) is 3.77. The zero-order chi connectivity index (χ0) is 15.2. The minimum Gasteiger partial charge on any atom is -0.312 e. The normalized spacial score (nSPS) is 10.6. The molecule has 1 N–H and O–H groups in total. The van der Waals surface area contributed by atoms with Gasteiger partial charge in [0, 0.05) is 23.2 Å². The minimum absolute atomic E-state index is 0.111. The van der Waals surface area contributed by atoms with Crippen LogP contribution in [0.1, 0.15) is 16.7 Å². The molecule has 0 saturated carbocycles. The van der Waals surface area contributed by atoms with E-state index in [1.807, 2.05) is 18.2 Å². The van der Waals surface area contributed by atoms with E-state index in [2.05, 4.69) is 40.3 Å². The van der Waals surface area contributed by atoms with Gasteiger partial charge in [0.15, 0.2) is 0 Å². The van der Waals surface area contributed by atoms with E-state index >= 15 is 0 Å². The van der Waals surface area contributed by atoms with E-state index in [-0.39, 0.29) is 10.6 Å². The molecular formula is C16H17BrN2O2. The van der Waals surface area contributed by atoms with Crippen molar-refractivity contribution in [3.63, 3.8) is 0 Å². The molecule has 2 aromatic carbocycles. The SMILES string of the molecule is Cc1ccccc1CCNCc1cc(Br)cc([N+](=O)[O-])c1. The van der Waals surface area contributed by atoms with Gasteiger partial charge in [0.25, 0.3) is 5.69 Å². The van der Waals surface area contributed by atoms with E-state index in [1.165, 1.54) is 17.2 Å². The van der Waals surface area contributed by atoms with Gasteiger partial charge >= 0.3 is 0 Å². The van der Waals surface area contributed by atoms with Crippen LogP contribution in [0.25, 0.3) is 0 Å². The molecular weight excluding hydrogens is 332 g/mol. The van der Waals surface area contributed by atoms with Crippen LogP contribution in [0.4, 0.5) is 5.69 Å². The minimum atomic E-state index is -0.373. The first-order chi connectivity index (χ1) is 10.1. The van der Waals surface area contributed by atoms with Crippen LogP contribution in [-0.4, -0.2) is 11.5 Å². The molecule has 2 rings (SSSR count). The average Bonchev–Trinajstić information content (AvgIpc) is 2.44. The molecule has 0 aliphatic rings. The lowest BCUT2D eigenvalue weighted by atomic mass is 10.1. The molecule has 0 aromatic heterocycles. The van der Waals surface area contributed by atoms with E-state index in [1.54, 1.807) is 6.07 Å². The van der Waals surface area contributed by atoms with Gasteiger partial charge in [0.2, 0.25) is 0 Å². The first kappa shape index (κ1) is 15.7. The molecule has 0 unspecified atom stereocenters. The van der Waals surface area contributed by atoms with Crippen LogP contribution in [0.3, 0.4) is 0 Å². The fourth-order valence-electron chi connectivity index (χ4n) is 2.19. The molecule has 21 heavy (non-hydrogen) atoms. The topological polar surface area (TPSA) is 55.2 Å². The van der Waals surface area contributed by atoms with Gasteiger partial charge in [-0.2, -0.15) is 0 Å². The van der Waals surface area contributed by atoms with Gasteiger partial charge in [-0.1, -0.05) is 40.2 Å². The first-order valence-corrected chi connectivity index (χ1v) is 7.54. The monoisotopic (exact) mass is 348 g/mol. The van der Waals surface area contributed by atoms with E-state index in [9.17, 15) is 10.1 Å². The molecule has 0 aliphatic carbocycles. The third-order valence-electron chi connectivity index (χ3n) is 3.31. The van der Waals surface area contributed by atoms with Crippen molar-refractivity contribution in [1.29, 1.82) is 0 Å². The van der Waals surface area contributed by atoms with Crippen molar-refractivity contribution in [2.75, 3.05) is 6.54 Å². The number of hydrogen-bond acceptors (Lipinski definition) is 3. The Labute approximate surface area is 132 Å². The summed E-state index contributed by atoms with van der Waals surface area (Å²) >= 11 is 3.30. The highest BCUT2D eigenvalue weighted by atomic mass is 79.9. The van der Waals surface area contributed by atoms with E-state index in [0.717, 1.165) is 23.0 Å². The number of nitro benzene ring substituents is 1. The second-order valence-electron chi connectivity index (χ2n) is 4.93. The summed E-state index contributed by atoms with van der Waals surface area (Å²) in [6.45, 7) is 3.56. The molecule has 4 nitrogen and oxygen atoms in total. The second kappa shape index (κ2) is 7.33. The van der Waals surface area contributed by atoms with Crippen LogP contribution >= 0.6 is 15.9 Å². The van der Waals surface area contributed by atoms with Gasteiger partial charge in [0.1, 0.15) is 0 Å². The van der Waals surface area contributed by atoms with E-state index in [4.69, 9.17) is 0 Å². The maximum atomic E-state index is 10.8. The van der Waals surface area contributed by atoms with Crippen LogP contribution in [0.15, 0.2) is 46.9 Å². The summed E-state index contributed by atoms with van der Waals surface area (Å²) in [7, 11) is 0. The van der Waals surface area contributed by atoms with E-state index < -0.39 is 0 Å². The van der Waals surface area contributed by atoms with Crippen LogP contribution in [-0.2, 0) is 13.0 Å². The standard InChI is InChI=1S/C16H17BrN2O2/c1-12-4-2-3-5-14(12)6-7-18-11-13-8-15(17)10-16(9-13)19(20)21/h2-5,8-10,18H,6-7,11H2,1H3. The Kier molecular flexibility index (Phi) is 5.47. The van der Waals surface area contributed by atoms with Gasteiger partial charge in [0.05, 0.1) is 4.92 Å². The second-order valence-corrected chi connectivity index (χ2v) is 5.84. The summed E-state index contributed by atoms with van der Waals surface area (Å²) in [6, 6.07) is 13.3. The third kappa shape index (κ3) is 4.65. The van der Waals surface area contributed by atoms with Crippen molar-refractivity contribution in [2.24, 2.45) is 0 Å². The van der Waals surface area contributed by atoms with Crippen molar-refractivity contribution in [1.82, 2.24) is 5.32 Å². The first-order valence-electron chi connectivity index (χ1n) is 6.75. The number of aryl methyl sites for hydroxylation is 1. The Morgan fingerprint density at radius 1 is 1.24 bits per heavy atom. The quantitative estimate of drug-likeness (QED) is 0.487. The summed E-state index contributed by atoms with van der Waals surface area (Å²) in [4.78, 5) is 10.4. The lowest BCUT2D eigenvalue weighted by Crippen LogP contribution is -2.17. The summed E-state index contributed by atoms with van der Waals surface area (Å²) in [5, 5.41) is 14.1. The number of nitrogens with zero attached hydrogens (tertiary/aromatic N) is 1. The number of halogens is 1. The fraction of sp³-hybridized carbons (Fsp3) is 0.250. The van der Waals surface area contributed by atoms with Crippen LogP contribution in [0.2, 0.25) is 0 Å². The van der Waals surface area contributed by atoms with Crippen LogP contribution < -0.4 is 5.32 Å². The van der Waals surface area contributed by atoms with Crippen molar-refractivity contribution < 1.29 is 4.92 Å². The maximum Gasteiger partial charge on any atom is 0.270 e. The molecule has 0 radical (unpaired) electrons. The molecule has 0 aliphatic heterocycles. The lowest BCUT2D eigenvalue weighted by molar-refractivity contribution is -0.385. The Morgan fingerprint density at radius 2 is 2.00 bits per heavy atom. The number of rotatable bonds is 6. The lowest BCUT2D eigenvalue weighted by Gasteiger charge is -2.08. The van der Waals surface area contributed by atoms with Crippen molar-refractivity contribution in [2.45, 2.75) is 19.9 Å². The van der Waals surface area contributed by atoms with Gasteiger partial charge in [-0.25, -0.2) is 0 Å². The fourth-order valence-corrected chi connectivity index (χ4v) is 2.72. The molecule has 0 heterocycles. The van der Waals surface area contributed by atoms with Crippen LogP contribution in [0, 0.1) is 17.0 Å². The smallest absolute Gasteiger partial charge is 0.270 e. The van der Waals surface area contributed by atoms with Gasteiger partial charge in [-0.05, 0) is 42.6 Å². The van der Waals surface area contributed by atoms with Crippen molar-refractivity contribution >= 4 is 21.6 Å². The number of hydrogen-bond donors (Lipinski definition) is 1. The summed E-state index contributed by atoms with van der Waals surface area (Å²) < 4.78 is 0.729. The highest BCUT2D eigenvalue weighted by Crippen LogP contribution is 2.21. The summed E-state index contributed by atoms with van der Waals surface area (Å²) in [5.41, 5.74) is 3.63. The predicted octanol–water partition coefficient (Wildman–Crippen LogP) is 4.00. The molecule has 0 bridgehead atoms. The molecule has 0 amide bonds. The Morgan fingerprint density at radius 3 is 2.71 bits per heavy atom. The van der Waals surface area contributed by atoms with Crippen molar-refractivity contribution in [3.8, 4) is 0 Å². The summed E-state index contributed by atoms with van der Waals surface area (Å²) in [6.07, 6.45) is 0.947. The highest BCUT2D eigenvalue weighted by molar-refractivity contribution is 9.10. The molecule has 0 spiro atoms. The predicted molar refractivity (Wildman–Crippen MR) is 87.4 cm³/mol. The highest BCUT2D eigenvalue weighted by Gasteiger charge is 2.08. The Hall–Kier alpha value is -1.72.